The molecule has 122 valence electrons. The molecule has 0 aromatic rings. The fourth-order valence-electron chi connectivity index (χ4n) is 5.85. The molecule has 0 spiro atoms. The Morgan fingerprint density at radius 3 is 2.05 bits per heavy atom. The first-order valence-corrected chi connectivity index (χ1v) is 8.47. The van der Waals surface area contributed by atoms with Gasteiger partial charge in [-0.05, 0) is 76.2 Å². The zero-order valence-electron chi connectivity index (χ0n) is 13.4. The van der Waals surface area contributed by atoms with Gasteiger partial charge >= 0.3 is 5.97 Å². The molecular weight excluding hydrogens is 286 g/mol. The summed E-state index contributed by atoms with van der Waals surface area (Å²) in [5, 5.41) is 8.96. The van der Waals surface area contributed by atoms with Crippen molar-refractivity contribution in [3.63, 3.8) is 0 Å². The molecule has 0 saturated heterocycles. The van der Waals surface area contributed by atoms with Crippen LogP contribution in [0.3, 0.4) is 0 Å². The zero-order valence-corrected chi connectivity index (χ0v) is 14.2. The molecule has 4 saturated carbocycles. The molecular formula is C17H30ClNO2. The topological polar surface area (TPSA) is 40.5 Å². The van der Waals surface area contributed by atoms with Gasteiger partial charge in [0.1, 0.15) is 0 Å². The van der Waals surface area contributed by atoms with Gasteiger partial charge in [-0.1, -0.05) is 6.92 Å². The Morgan fingerprint density at radius 1 is 1.19 bits per heavy atom. The van der Waals surface area contributed by atoms with E-state index >= 15 is 0 Å². The van der Waals surface area contributed by atoms with Crippen LogP contribution >= 0.6 is 12.4 Å². The molecule has 4 aliphatic carbocycles. The summed E-state index contributed by atoms with van der Waals surface area (Å²) in [6.45, 7) is 2.21. The van der Waals surface area contributed by atoms with Gasteiger partial charge in [0.15, 0.2) is 0 Å². The van der Waals surface area contributed by atoms with Crippen LogP contribution in [0.15, 0.2) is 0 Å². The van der Waals surface area contributed by atoms with Crippen LogP contribution in [0.4, 0.5) is 0 Å². The lowest BCUT2D eigenvalue weighted by Crippen LogP contribution is -2.61. The Bertz CT molecular complexity index is 350. The van der Waals surface area contributed by atoms with Gasteiger partial charge in [0, 0.05) is 18.0 Å². The van der Waals surface area contributed by atoms with Gasteiger partial charge in [-0.25, -0.2) is 0 Å². The molecule has 0 heterocycles. The Hall–Kier alpha value is -0.280. The number of hydrogen-bond donors (Lipinski definition) is 1. The molecule has 0 aromatic carbocycles. The molecule has 0 aliphatic heterocycles. The molecule has 1 atom stereocenters. The molecule has 0 radical (unpaired) electrons. The Labute approximate surface area is 134 Å². The van der Waals surface area contributed by atoms with Gasteiger partial charge in [-0.3, -0.25) is 9.69 Å². The standard InChI is InChI=1S/C17H29NO2.ClH/c1-3-15(4-5-16(19)20)18(2)17-9-12-6-13(10-17)8-14(7-12)11-17;/h12-15H,3-11H2,1-2H3,(H,19,20);1H. The fraction of sp³-hybridized carbons (Fsp3) is 0.941. The second kappa shape index (κ2) is 6.45. The summed E-state index contributed by atoms with van der Waals surface area (Å²) in [6, 6.07) is 0.447. The summed E-state index contributed by atoms with van der Waals surface area (Å²) >= 11 is 0. The van der Waals surface area contributed by atoms with Crippen molar-refractivity contribution < 1.29 is 9.90 Å². The highest BCUT2D eigenvalue weighted by Gasteiger charge is 2.53. The zero-order chi connectivity index (χ0) is 14.3. The monoisotopic (exact) mass is 315 g/mol. The molecule has 0 aromatic heterocycles. The first-order chi connectivity index (χ1) is 9.52. The lowest BCUT2D eigenvalue weighted by atomic mass is 9.52. The van der Waals surface area contributed by atoms with E-state index in [1.54, 1.807) is 0 Å². The van der Waals surface area contributed by atoms with Crippen molar-refractivity contribution in [3.8, 4) is 0 Å². The van der Waals surface area contributed by atoms with Gasteiger partial charge in [0.2, 0.25) is 0 Å². The minimum absolute atomic E-state index is 0. The molecule has 0 amide bonds. The lowest BCUT2D eigenvalue weighted by Gasteiger charge is -2.61. The first-order valence-electron chi connectivity index (χ1n) is 8.47. The molecule has 21 heavy (non-hydrogen) atoms. The van der Waals surface area contributed by atoms with E-state index in [9.17, 15) is 4.79 Å². The average molecular weight is 316 g/mol. The summed E-state index contributed by atoms with van der Waals surface area (Å²) in [5.74, 6) is 2.23. The van der Waals surface area contributed by atoms with Crippen molar-refractivity contribution in [1.29, 1.82) is 0 Å². The minimum Gasteiger partial charge on any atom is -0.481 e. The van der Waals surface area contributed by atoms with Crippen LogP contribution in [0.25, 0.3) is 0 Å². The van der Waals surface area contributed by atoms with E-state index in [1.807, 2.05) is 0 Å². The van der Waals surface area contributed by atoms with E-state index in [1.165, 1.54) is 38.5 Å². The molecule has 1 N–H and O–H groups in total. The summed E-state index contributed by atoms with van der Waals surface area (Å²) in [6.07, 6.45) is 10.7. The second-order valence-electron chi connectivity index (χ2n) is 7.75. The van der Waals surface area contributed by atoms with Crippen LogP contribution in [0.2, 0.25) is 0 Å². The highest BCUT2D eigenvalue weighted by Crippen LogP contribution is 2.58. The maximum absolute atomic E-state index is 10.9. The molecule has 4 fully saturated rings. The van der Waals surface area contributed by atoms with Crippen LogP contribution in [0.5, 0.6) is 0 Å². The van der Waals surface area contributed by atoms with E-state index in [4.69, 9.17) is 5.11 Å². The number of carbonyl (C=O) groups is 1. The van der Waals surface area contributed by atoms with Crippen molar-refractivity contribution in [2.45, 2.75) is 76.3 Å². The van der Waals surface area contributed by atoms with E-state index in [2.05, 4.69) is 18.9 Å². The number of carboxylic acid groups (broad SMARTS) is 1. The minimum atomic E-state index is -0.651. The highest BCUT2D eigenvalue weighted by molar-refractivity contribution is 5.85. The SMILES string of the molecule is CCC(CCC(=O)O)N(C)C12CC3CC(CC(C3)C1)C2.Cl. The third-order valence-electron chi connectivity index (χ3n) is 6.46. The molecule has 1 unspecified atom stereocenters. The van der Waals surface area contributed by atoms with E-state index < -0.39 is 5.97 Å². The molecule has 4 bridgehead atoms. The van der Waals surface area contributed by atoms with E-state index in [0.717, 1.165) is 30.6 Å². The summed E-state index contributed by atoms with van der Waals surface area (Å²) in [7, 11) is 2.28. The number of rotatable bonds is 6. The van der Waals surface area contributed by atoms with Crippen molar-refractivity contribution in [3.05, 3.63) is 0 Å². The van der Waals surface area contributed by atoms with Crippen LogP contribution < -0.4 is 0 Å². The quantitative estimate of drug-likeness (QED) is 0.806. The van der Waals surface area contributed by atoms with Crippen molar-refractivity contribution in [2.24, 2.45) is 17.8 Å². The van der Waals surface area contributed by atoms with Crippen molar-refractivity contribution in [2.75, 3.05) is 7.05 Å². The third-order valence-corrected chi connectivity index (χ3v) is 6.46. The van der Waals surface area contributed by atoms with Crippen LogP contribution in [-0.2, 0) is 4.79 Å². The summed E-state index contributed by atoms with van der Waals surface area (Å²) in [4.78, 5) is 13.5. The van der Waals surface area contributed by atoms with Crippen molar-refractivity contribution >= 4 is 18.4 Å². The molecule has 3 nitrogen and oxygen atoms in total. The smallest absolute Gasteiger partial charge is 0.303 e. The number of halogens is 1. The maximum Gasteiger partial charge on any atom is 0.303 e. The van der Waals surface area contributed by atoms with Gasteiger partial charge in [-0.2, -0.15) is 0 Å². The normalized spacial score (nSPS) is 38.3. The van der Waals surface area contributed by atoms with Gasteiger partial charge in [0.25, 0.3) is 0 Å². The Morgan fingerprint density at radius 2 is 1.67 bits per heavy atom. The van der Waals surface area contributed by atoms with Gasteiger partial charge in [0.05, 0.1) is 0 Å². The molecule has 4 rings (SSSR count). The Balaban J connectivity index is 0.00000161. The average Bonchev–Trinajstić information content (AvgIpc) is 2.37. The maximum atomic E-state index is 10.9. The highest BCUT2D eigenvalue weighted by atomic mass is 35.5. The first kappa shape index (κ1) is 17.1. The predicted molar refractivity (Wildman–Crippen MR) is 86.9 cm³/mol. The lowest BCUT2D eigenvalue weighted by molar-refractivity contribution is -0.138. The van der Waals surface area contributed by atoms with E-state index in [-0.39, 0.29) is 12.4 Å². The van der Waals surface area contributed by atoms with Crippen LogP contribution in [0.1, 0.15) is 64.7 Å². The summed E-state index contributed by atoms with van der Waals surface area (Å²) < 4.78 is 0. The largest absolute Gasteiger partial charge is 0.481 e. The third kappa shape index (κ3) is 3.24. The van der Waals surface area contributed by atoms with Gasteiger partial charge in [-0.15, -0.1) is 12.4 Å². The van der Waals surface area contributed by atoms with Gasteiger partial charge < -0.3 is 5.11 Å². The number of hydrogen-bond acceptors (Lipinski definition) is 2. The molecule has 4 heteroatoms. The predicted octanol–water partition coefficient (Wildman–Crippen LogP) is 3.95. The fourth-order valence-corrected chi connectivity index (χ4v) is 5.85. The van der Waals surface area contributed by atoms with Crippen LogP contribution in [-0.4, -0.2) is 34.6 Å². The summed E-state index contributed by atoms with van der Waals surface area (Å²) in [5.41, 5.74) is 0.411. The van der Waals surface area contributed by atoms with E-state index in [0.29, 0.717) is 18.0 Å². The number of aliphatic carboxylic acids is 1. The second-order valence-corrected chi connectivity index (χ2v) is 7.75. The van der Waals surface area contributed by atoms with Crippen molar-refractivity contribution in [1.82, 2.24) is 4.90 Å². The molecule has 4 aliphatic rings. The van der Waals surface area contributed by atoms with Crippen LogP contribution in [0, 0.1) is 17.8 Å². The number of nitrogens with zero attached hydrogens (tertiary/aromatic N) is 1. The Kier molecular flexibility index (Phi) is 5.25. The number of carboxylic acids is 1.